The van der Waals surface area contributed by atoms with Gasteiger partial charge in [-0.3, -0.25) is 4.79 Å². The Bertz CT molecular complexity index is 1220. The van der Waals surface area contributed by atoms with Crippen LogP contribution in [0.5, 0.6) is 11.5 Å². The number of carbonyl (C=O) groups excluding carboxylic acids is 2. The summed E-state index contributed by atoms with van der Waals surface area (Å²) in [6.07, 6.45) is 0. The number of rotatable bonds is 4. The van der Waals surface area contributed by atoms with E-state index in [1.807, 2.05) is 42.5 Å². The molecule has 3 N–H and O–H groups in total. The number of fused-ring (bicyclic) bond motifs is 1. The van der Waals surface area contributed by atoms with Crippen molar-refractivity contribution in [1.29, 1.82) is 0 Å². The van der Waals surface area contributed by atoms with Crippen LogP contribution in [0.2, 0.25) is 0 Å². The summed E-state index contributed by atoms with van der Waals surface area (Å²) < 4.78 is 5.89. The van der Waals surface area contributed by atoms with Gasteiger partial charge in [-0.2, -0.15) is 5.48 Å². The van der Waals surface area contributed by atoms with E-state index in [1.54, 1.807) is 42.5 Å². The normalized spacial score (nSPS) is 10.4. The van der Waals surface area contributed by atoms with Gasteiger partial charge in [-0.1, -0.05) is 54.6 Å². The van der Waals surface area contributed by atoms with Gasteiger partial charge >= 0.3 is 5.97 Å². The zero-order chi connectivity index (χ0) is 20.9. The van der Waals surface area contributed by atoms with Gasteiger partial charge < -0.3 is 15.3 Å². The Morgan fingerprint density at radius 2 is 1.50 bits per heavy atom. The SMILES string of the molecule is Nc1c(Oc2ccc3ccccc3c2)cccc1C(=O)NOC(=O)c1ccccc1. The highest BCUT2D eigenvalue weighted by molar-refractivity contribution is 6.01. The summed E-state index contributed by atoms with van der Waals surface area (Å²) in [6, 6.07) is 26.7. The van der Waals surface area contributed by atoms with Crippen LogP contribution in [0.3, 0.4) is 0 Å². The third-order valence-electron chi connectivity index (χ3n) is 4.51. The first kappa shape index (κ1) is 19.0. The van der Waals surface area contributed by atoms with E-state index < -0.39 is 11.9 Å². The lowest BCUT2D eigenvalue weighted by Gasteiger charge is -2.12. The largest absolute Gasteiger partial charge is 0.455 e. The molecule has 4 aromatic carbocycles. The second-order valence-electron chi connectivity index (χ2n) is 6.52. The van der Waals surface area contributed by atoms with Crippen molar-refractivity contribution in [3.05, 3.63) is 102 Å². The number of para-hydroxylation sites is 1. The molecule has 0 aliphatic rings. The number of hydrogen-bond acceptors (Lipinski definition) is 5. The molecule has 0 fully saturated rings. The van der Waals surface area contributed by atoms with Crippen molar-refractivity contribution in [3.8, 4) is 11.5 Å². The number of benzene rings is 4. The molecule has 0 saturated heterocycles. The van der Waals surface area contributed by atoms with Crippen LogP contribution in [0.25, 0.3) is 10.8 Å². The maximum atomic E-state index is 12.5. The smallest absolute Gasteiger partial charge is 0.362 e. The van der Waals surface area contributed by atoms with Gasteiger partial charge in [0, 0.05) is 0 Å². The highest BCUT2D eigenvalue weighted by Gasteiger charge is 2.16. The van der Waals surface area contributed by atoms with Crippen LogP contribution in [0.1, 0.15) is 20.7 Å². The fraction of sp³-hybridized carbons (Fsp3) is 0. The Hall–Kier alpha value is -4.32. The van der Waals surface area contributed by atoms with Crippen molar-refractivity contribution in [2.45, 2.75) is 0 Å². The molecule has 0 atom stereocenters. The fourth-order valence-electron chi connectivity index (χ4n) is 2.97. The highest BCUT2D eigenvalue weighted by Crippen LogP contribution is 2.31. The summed E-state index contributed by atoms with van der Waals surface area (Å²) in [6.45, 7) is 0. The number of hydroxylamine groups is 1. The second-order valence-corrected chi connectivity index (χ2v) is 6.52. The molecule has 1 amide bonds. The monoisotopic (exact) mass is 398 g/mol. The van der Waals surface area contributed by atoms with Crippen LogP contribution in [0.15, 0.2) is 91.0 Å². The molecule has 0 bridgehead atoms. The number of anilines is 1. The topological polar surface area (TPSA) is 90.7 Å². The molecule has 0 aliphatic heterocycles. The van der Waals surface area contributed by atoms with E-state index in [0.29, 0.717) is 17.1 Å². The van der Waals surface area contributed by atoms with Gasteiger partial charge in [0.05, 0.1) is 16.8 Å². The van der Waals surface area contributed by atoms with Gasteiger partial charge in [0.2, 0.25) is 0 Å². The van der Waals surface area contributed by atoms with E-state index in [0.717, 1.165) is 10.8 Å². The number of nitrogen functional groups attached to an aromatic ring is 1. The van der Waals surface area contributed by atoms with Crippen LogP contribution < -0.4 is 16.0 Å². The van der Waals surface area contributed by atoms with Crippen LogP contribution in [-0.2, 0) is 4.84 Å². The molecular weight excluding hydrogens is 380 g/mol. The second kappa shape index (κ2) is 8.36. The summed E-state index contributed by atoms with van der Waals surface area (Å²) in [5.41, 5.74) is 8.86. The van der Waals surface area contributed by atoms with Crippen molar-refractivity contribution >= 4 is 28.3 Å². The molecule has 30 heavy (non-hydrogen) atoms. The quantitative estimate of drug-likeness (QED) is 0.384. The number of ether oxygens (including phenoxy) is 1. The molecule has 6 nitrogen and oxygen atoms in total. The molecule has 0 radical (unpaired) electrons. The summed E-state index contributed by atoms with van der Waals surface area (Å²) >= 11 is 0. The molecule has 148 valence electrons. The minimum absolute atomic E-state index is 0.133. The van der Waals surface area contributed by atoms with Crippen LogP contribution in [-0.4, -0.2) is 11.9 Å². The first-order valence-electron chi connectivity index (χ1n) is 9.23. The van der Waals surface area contributed by atoms with E-state index in [2.05, 4.69) is 5.48 Å². The molecule has 0 unspecified atom stereocenters. The Balaban J connectivity index is 1.49. The predicted molar refractivity (Wildman–Crippen MR) is 114 cm³/mol. The Kier molecular flexibility index (Phi) is 5.30. The van der Waals surface area contributed by atoms with E-state index in [1.165, 1.54) is 6.07 Å². The van der Waals surface area contributed by atoms with Crippen LogP contribution in [0, 0.1) is 0 Å². The zero-order valence-corrected chi connectivity index (χ0v) is 15.9. The molecule has 6 heteroatoms. The molecule has 0 saturated carbocycles. The highest BCUT2D eigenvalue weighted by atomic mass is 16.7. The van der Waals surface area contributed by atoms with E-state index in [-0.39, 0.29) is 11.3 Å². The molecule has 0 aromatic heterocycles. The van der Waals surface area contributed by atoms with Gasteiger partial charge in [-0.25, -0.2) is 4.79 Å². The number of amides is 1. The molecule has 4 rings (SSSR count). The Morgan fingerprint density at radius 1 is 0.767 bits per heavy atom. The molecular formula is C24H18N2O4. The van der Waals surface area contributed by atoms with Crippen LogP contribution >= 0.6 is 0 Å². The third kappa shape index (κ3) is 4.07. The molecule has 4 aromatic rings. The summed E-state index contributed by atoms with van der Waals surface area (Å²) in [5, 5.41) is 2.11. The van der Waals surface area contributed by atoms with Gasteiger partial charge in [-0.15, -0.1) is 0 Å². The lowest BCUT2D eigenvalue weighted by atomic mass is 10.1. The lowest BCUT2D eigenvalue weighted by Crippen LogP contribution is -2.27. The number of nitrogens with one attached hydrogen (secondary N) is 1. The zero-order valence-electron chi connectivity index (χ0n) is 15.9. The van der Waals surface area contributed by atoms with Crippen molar-refractivity contribution in [2.75, 3.05) is 5.73 Å². The van der Waals surface area contributed by atoms with Gasteiger partial charge in [0.1, 0.15) is 5.75 Å². The average molecular weight is 398 g/mol. The van der Waals surface area contributed by atoms with E-state index >= 15 is 0 Å². The maximum Gasteiger partial charge on any atom is 0.362 e. The summed E-state index contributed by atoms with van der Waals surface area (Å²) in [4.78, 5) is 29.3. The number of nitrogens with two attached hydrogens (primary N) is 1. The van der Waals surface area contributed by atoms with Crippen molar-refractivity contribution in [1.82, 2.24) is 5.48 Å². The van der Waals surface area contributed by atoms with Gasteiger partial charge in [-0.05, 0) is 47.2 Å². The van der Waals surface area contributed by atoms with E-state index in [4.69, 9.17) is 15.3 Å². The Labute approximate surface area is 172 Å². The standard InChI is InChI=1S/C24H18N2O4/c25-22-20(23(27)26-30-24(28)17-8-2-1-3-9-17)11-6-12-21(22)29-19-14-13-16-7-4-5-10-18(16)15-19/h1-15H,25H2,(H,26,27). The van der Waals surface area contributed by atoms with Crippen molar-refractivity contribution in [3.63, 3.8) is 0 Å². The third-order valence-corrected chi connectivity index (χ3v) is 4.51. The minimum Gasteiger partial charge on any atom is -0.455 e. The minimum atomic E-state index is -0.675. The average Bonchev–Trinajstić information content (AvgIpc) is 2.79. The van der Waals surface area contributed by atoms with Gasteiger partial charge in [0.25, 0.3) is 5.91 Å². The first-order chi connectivity index (χ1) is 14.6. The molecule has 0 heterocycles. The molecule has 0 aliphatic carbocycles. The fourth-order valence-corrected chi connectivity index (χ4v) is 2.97. The van der Waals surface area contributed by atoms with Crippen molar-refractivity contribution in [2.24, 2.45) is 0 Å². The first-order valence-corrected chi connectivity index (χ1v) is 9.23. The number of carbonyl (C=O) groups is 2. The Morgan fingerprint density at radius 3 is 2.30 bits per heavy atom. The lowest BCUT2D eigenvalue weighted by molar-refractivity contribution is 0.0230. The number of hydrogen-bond donors (Lipinski definition) is 2. The van der Waals surface area contributed by atoms with Crippen LogP contribution in [0.4, 0.5) is 5.69 Å². The summed E-state index contributed by atoms with van der Waals surface area (Å²) in [5.74, 6) is -0.410. The van der Waals surface area contributed by atoms with Gasteiger partial charge in [0.15, 0.2) is 5.75 Å². The van der Waals surface area contributed by atoms with Crippen molar-refractivity contribution < 1.29 is 19.2 Å². The summed E-state index contributed by atoms with van der Waals surface area (Å²) in [7, 11) is 0. The molecule has 0 spiro atoms. The van der Waals surface area contributed by atoms with E-state index in [9.17, 15) is 9.59 Å². The maximum absolute atomic E-state index is 12.5. The predicted octanol–water partition coefficient (Wildman–Crippen LogP) is 4.72.